The van der Waals surface area contributed by atoms with Gasteiger partial charge in [0.25, 0.3) is 0 Å². The zero-order valence-corrected chi connectivity index (χ0v) is 39.8. The molecule has 4 atom stereocenters. The molecule has 0 unspecified atom stereocenters. The van der Waals surface area contributed by atoms with Gasteiger partial charge in [-0.25, -0.2) is 0 Å². The van der Waals surface area contributed by atoms with Crippen molar-refractivity contribution in [3.05, 3.63) is 29.8 Å². The number of primary amides is 1. The molecule has 358 valence electrons. The number of Topliss-reactive ketones (excluding diaryl/α,β-unsaturated/α-hetero) is 2. The fraction of sp³-hybridized carbons (Fsp3) is 0.729. The zero-order valence-electron chi connectivity index (χ0n) is 38.9. The van der Waals surface area contributed by atoms with Gasteiger partial charge in [-0.3, -0.25) is 33.6 Å². The van der Waals surface area contributed by atoms with Gasteiger partial charge in [-0.15, -0.1) is 0 Å². The second kappa shape index (κ2) is 35.4. The third-order valence-electron chi connectivity index (χ3n) is 11.1. The molecule has 63 heavy (non-hydrogen) atoms. The number of ketones is 2. The van der Waals surface area contributed by atoms with Gasteiger partial charge in [0.1, 0.15) is 11.8 Å². The fourth-order valence-corrected chi connectivity index (χ4v) is 7.91. The number of nitrogens with two attached hydrogens (primary N) is 2. The smallest absolute Gasteiger partial charge is 0.242 e. The topological polar surface area (TPSA) is 240 Å². The lowest BCUT2D eigenvalue weighted by Crippen LogP contribution is -2.49. The van der Waals surface area contributed by atoms with Crippen molar-refractivity contribution in [2.75, 3.05) is 25.1 Å². The highest BCUT2D eigenvalue weighted by atomic mass is 32.2. The van der Waals surface area contributed by atoms with E-state index in [4.69, 9.17) is 11.5 Å². The average molecular weight is 903 g/mol. The Hall–Kier alpha value is -3.98. The quantitative estimate of drug-likeness (QED) is 0.0363. The molecule has 0 radical (unpaired) electrons. The van der Waals surface area contributed by atoms with Crippen LogP contribution in [0.4, 0.5) is 0 Å². The van der Waals surface area contributed by atoms with Crippen molar-refractivity contribution in [1.29, 1.82) is 0 Å². The molecular formula is C48H82N6O8S. The molecule has 1 aromatic rings. The summed E-state index contributed by atoms with van der Waals surface area (Å²) in [5, 5.41) is 21.0. The summed E-state index contributed by atoms with van der Waals surface area (Å²) in [6, 6.07) is 4.01. The summed E-state index contributed by atoms with van der Waals surface area (Å²) in [7, 11) is 0. The predicted octanol–water partition coefficient (Wildman–Crippen LogP) is 6.32. The molecule has 0 aliphatic rings. The SMILES string of the molecule is CCCCCCCCCCCCCCCC(=O)N[C@@H](CCSC)C(=O)NCC(=O)C[C@@H](Cc1ccc(O)cc1)C(=O)N[C@@H](CCC(N)=O)C(=O)C[C@@H](CCCCN)C(=O)NC(C)C. The number of unbranched alkanes of at least 4 members (excludes halogenated alkanes) is 13. The van der Waals surface area contributed by atoms with Crippen LogP contribution in [0, 0.1) is 11.8 Å². The molecule has 0 aliphatic carbocycles. The summed E-state index contributed by atoms with van der Waals surface area (Å²) in [5.74, 6) is -4.23. The molecule has 9 N–H and O–H groups in total. The molecule has 0 bridgehead atoms. The van der Waals surface area contributed by atoms with Crippen molar-refractivity contribution in [1.82, 2.24) is 21.3 Å². The minimum absolute atomic E-state index is 0.0191. The van der Waals surface area contributed by atoms with E-state index in [1.54, 1.807) is 23.9 Å². The van der Waals surface area contributed by atoms with E-state index in [-0.39, 0.29) is 62.3 Å². The minimum Gasteiger partial charge on any atom is -0.508 e. The standard InChI is InChI=1S/C48H82N6O8S/c1-5-6-7-8-9-10-11-12-13-14-15-16-17-21-45(59)53-42(28-30-63-4)48(62)51-34-40(56)32-38(31-36-22-24-39(55)25-23-36)47(61)54-41(26-27-44(50)58)43(57)33-37(20-18-19-29-49)46(60)52-35(2)3/h22-25,35,37-38,41-42,55H,5-21,26-34,49H2,1-4H3,(H2,50,58)(H,51,62)(H,52,60)(H,53,59)(H,54,61)/t37-,38-,41+,42+/m1/s1. The number of amides is 5. The van der Waals surface area contributed by atoms with Crippen LogP contribution in [0.15, 0.2) is 24.3 Å². The molecule has 0 saturated heterocycles. The van der Waals surface area contributed by atoms with Crippen LogP contribution in [0.5, 0.6) is 5.75 Å². The van der Waals surface area contributed by atoms with Crippen LogP contribution in [-0.2, 0) is 40.0 Å². The Kier molecular flexibility index (Phi) is 32.0. The minimum atomic E-state index is -1.16. The van der Waals surface area contributed by atoms with Crippen molar-refractivity contribution in [2.24, 2.45) is 23.3 Å². The van der Waals surface area contributed by atoms with Crippen LogP contribution in [0.3, 0.4) is 0 Å². The highest BCUT2D eigenvalue weighted by molar-refractivity contribution is 7.98. The molecule has 0 saturated carbocycles. The van der Waals surface area contributed by atoms with Gasteiger partial charge in [-0.1, -0.05) is 103 Å². The van der Waals surface area contributed by atoms with Crippen LogP contribution >= 0.6 is 11.8 Å². The summed E-state index contributed by atoms with van der Waals surface area (Å²) in [6.07, 6.45) is 19.2. The van der Waals surface area contributed by atoms with Crippen LogP contribution in [0.25, 0.3) is 0 Å². The van der Waals surface area contributed by atoms with E-state index < -0.39 is 53.2 Å². The highest BCUT2D eigenvalue weighted by Crippen LogP contribution is 2.20. The van der Waals surface area contributed by atoms with Crippen molar-refractivity contribution in [3.63, 3.8) is 0 Å². The average Bonchev–Trinajstić information content (AvgIpc) is 3.24. The molecule has 15 heteroatoms. The molecule has 1 rings (SSSR count). The lowest BCUT2D eigenvalue weighted by molar-refractivity contribution is -0.134. The Morgan fingerprint density at radius 3 is 1.79 bits per heavy atom. The predicted molar refractivity (Wildman–Crippen MR) is 253 cm³/mol. The summed E-state index contributed by atoms with van der Waals surface area (Å²) < 4.78 is 0. The molecule has 0 heterocycles. The van der Waals surface area contributed by atoms with Crippen LogP contribution in [0.1, 0.15) is 168 Å². The summed E-state index contributed by atoms with van der Waals surface area (Å²) in [6.45, 7) is 5.92. The lowest BCUT2D eigenvalue weighted by atomic mass is 9.89. The van der Waals surface area contributed by atoms with E-state index in [9.17, 15) is 38.7 Å². The van der Waals surface area contributed by atoms with Crippen LogP contribution in [0.2, 0.25) is 0 Å². The number of phenols is 1. The second-order valence-electron chi connectivity index (χ2n) is 17.3. The number of benzene rings is 1. The Bertz CT molecular complexity index is 1490. The number of aromatic hydroxyl groups is 1. The highest BCUT2D eigenvalue weighted by Gasteiger charge is 2.31. The van der Waals surface area contributed by atoms with Gasteiger partial charge < -0.3 is 37.8 Å². The van der Waals surface area contributed by atoms with Gasteiger partial charge >= 0.3 is 0 Å². The molecule has 14 nitrogen and oxygen atoms in total. The lowest BCUT2D eigenvalue weighted by Gasteiger charge is -2.24. The summed E-state index contributed by atoms with van der Waals surface area (Å²) in [4.78, 5) is 92.4. The Morgan fingerprint density at radius 1 is 0.651 bits per heavy atom. The maximum atomic E-state index is 14.0. The third-order valence-corrected chi connectivity index (χ3v) is 11.8. The van der Waals surface area contributed by atoms with Crippen molar-refractivity contribution in [3.8, 4) is 5.75 Å². The number of thioether (sulfide) groups is 1. The van der Waals surface area contributed by atoms with E-state index in [1.807, 2.05) is 20.1 Å². The maximum Gasteiger partial charge on any atom is 0.242 e. The number of phenolic OH excluding ortho intramolecular Hbond substituents is 1. The zero-order chi connectivity index (χ0) is 46.8. The Labute approximate surface area is 382 Å². The van der Waals surface area contributed by atoms with Gasteiger partial charge in [0.15, 0.2) is 11.6 Å². The molecule has 1 aromatic carbocycles. The van der Waals surface area contributed by atoms with Gasteiger partial charge in [0, 0.05) is 43.6 Å². The number of hydrogen-bond acceptors (Lipinski definition) is 10. The monoisotopic (exact) mass is 903 g/mol. The molecule has 0 fully saturated rings. The second-order valence-corrected chi connectivity index (χ2v) is 18.3. The van der Waals surface area contributed by atoms with Crippen molar-refractivity contribution in [2.45, 2.75) is 187 Å². The molecule has 0 spiro atoms. The largest absolute Gasteiger partial charge is 0.508 e. The van der Waals surface area contributed by atoms with E-state index in [0.29, 0.717) is 50.0 Å². The first-order chi connectivity index (χ1) is 30.2. The molecule has 5 amide bonds. The van der Waals surface area contributed by atoms with Crippen LogP contribution in [-0.4, -0.2) is 89.4 Å². The fourth-order valence-electron chi connectivity index (χ4n) is 7.44. The first-order valence-electron chi connectivity index (χ1n) is 23.7. The van der Waals surface area contributed by atoms with Gasteiger partial charge in [-0.05, 0) is 88.6 Å². The Balaban J connectivity index is 2.92. The molecular weight excluding hydrogens is 821 g/mol. The van der Waals surface area contributed by atoms with Crippen LogP contribution < -0.4 is 32.7 Å². The summed E-state index contributed by atoms with van der Waals surface area (Å²) >= 11 is 1.54. The summed E-state index contributed by atoms with van der Waals surface area (Å²) in [5.41, 5.74) is 11.7. The first kappa shape index (κ1) is 57.0. The van der Waals surface area contributed by atoms with Gasteiger partial charge in [0.05, 0.1) is 12.6 Å². The van der Waals surface area contributed by atoms with Crippen molar-refractivity contribution < 1.29 is 38.7 Å². The first-order valence-corrected chi connectivity index (χ1v) is 25.1. The normalized spacial score (nSPS) is 13.1. The maximum absolute atomic E-state index is 14.0. The number of carbonyl (C=O) groups is 7. The number of carbonyl (C=O) groups excluding carboxylic acids is 7. The molecule has 0 aliphatic heterocycles. The molecule has 0 aromatic heterocycles. The number of hydrogen-bond donors (Lipinski definition) is 7. The van der Waals surface area contributed by atoms with Gasteiger partial charge in [-0.2, -0.15) is 11.8 Å². The van der Waals surface area contributed by atoms with Gasteiger partial charge in [0.2, 0.25) is 29.5 Å². The van der Waals surface area contributed by atoms with Crippen molar-refractivity contribution >= 4 is 52.9 Å². The van der Waals surface area contributed by atoms with E-state index in [0.717, 1.165) is 25.7 Å². The number of rotatable bonds is 39. The van der Waals surface area contributed by atoms with E-state index in [1.165, 1.54) is 69.9 Å². The van der Waals surface area contributed by atoms with E-state index in [2.05, 4.69) is 28.2 Å². The third kappa shape index (κ3) is 28.4. The number of nitrogens with one attached hydrogen (secondary N) is 4. The van der Waals surface area contributed by atoms with E-state index >= 15 is 0 Å². The Morgan fingerprint density at radius 2 is 1.24 bits per heavy atom.